The van der Waals surface area contributed by atoms with Crippen LogP contribution < -0.4 is 10.1 Å². The molecule has 2 heterocycles. The summed E-state index contributed by atoms with van der Waals surface area (Å²) in [5.41, 5.74) is 0.954. The number of hydrogen-bond acceptors (Lipinski definition) is 4. The third-order valence-corrected chi connectivity index (χ3v) is 4.65. The predicted octanol–water partition coefficient (Wildman–Crippen LogP) is 3.38. The number of hydrogen-bond donors (Lipinski definition) is 1. The summed E-state index contributed by atoms with van der Waals surface area (Å²) in [5, 5.41) is 3.55. The van der Waals surface area contributed by atoms with Crippen LogP contribution in [-0.4, -0.2) is 48.1 Å². The minimum Gasteiger partial charge on any atom is -0.485 e. The smallest absolute Gasteiger partial charge is 0.225 e. The van der Waals surface area contributed by atoms with E-state index in [0.717, 1.165) is 24.9 Å². The molecule has 0 aromatic carbocycles. The molecule has 1 amide bonds. The molecule has 1 aliphatic rings. The van der Waals surface area contributed by atoms with Gasteiger partial charge in [0.1, 0.15) is 6.10 Å². The molecule has 1 aromatic heterocycles. The van der Waals surface area contributed by atoms with E-state index in [0.29, 0.717) is 23.5 Å². The highest BCUT2D eigenvalue weighted by Gasteiger charge is 2.29. The third kappa shape index (κ3) is 5.72. The van der Waals surface area contributed by atoms with Crippen LogP contribution in [0.2, 0.25) is 5.15 Å². The molecule has 1 fully saturated rings. The molecule has 1 aromatic rings. The molecule has 1 aliphatic heterocycles. The van der Waals surface area contributed by atoms with Crippen molar-refractivity contribution in [3.05, 3.63) is 29.1 Å². The van der Waals surface area contributed by atoms with Crippen molar-refractivity contribution in [2.75, 3.05) is 20.1 Å². The van der Waals surface area contributed by atoms with Gasteiger partial charge in [0.2, 0.25) is 5.91 Å². The Bertz CT molecular complexity index is 619. The summed E-state index contributed by atoms with van der Waals surface area (Å²) in [5.74, 6) is 0.762. The number of likely N-dealkylation sites (tertiary alicyclic amines) is 1. The topological polar surface area (TPSA) is 54.5 Å². The van der Waals surface area contributed by atoms with Gasteiger partial charge in [0.25, 0.3) is 0 Å². The Hall–Kier alpha value is -1.59. The summed E-state index contributed by atoms with van der Waals surface area (Å²) in [6.45, 7) is 7.30. The van der Waals surface area contributed by atoms with E-state index in [4.69, 9.17) is 16.3 Å². The molecule has 25 heavy (non-hydrogen) atoms. The summed E-state index contributed by atoms with van der Waals surface area (Å²) in [4.78, 5) is 18.2. The molecule has 138 valence electrons. The van der Waals surface area contributed by atoms with Crippen molar-refractivity contribution >= 4 is 23.6 Å². The lowest BCUT2D eigenvalue weighted by molar-refractivity contribution is -0.133. The monoisotopic (exact) mass is 365 g/mol. The van der Waals surface area contributed by atoms with Crippen LogP contribution in [0.3, 0.4) is 0 Å². The number of rotatable bonds is 7. The van der Waals surface area contributed by atoms with Gasteiger partial charge >= 0.3 is 0 Å². The maximum absolute atomic E-state index is 12.1. The average molecular weight is 366 g/mol. The van der Waals surface area contributed by atoms with E-state index in [1.54, 1.807) is 6.20 Å². The molecular weight excluding hydrogens is 338 g/mol. The normalized spacial score (nSPS) is 19.0. The fraction of sp³-hybridized carbons (Fsp3) is 0.579. The predicted molar refractivity (Wildman–Crippen MR) is 102 cm³/mol. The largest absolute Gasteiger partial charge is 0.485 e. The lowest BCUT2D eigenvalue weighted by Gasteiger charge is -2.19. The number of amides is 1. The van der Waals surface area contributed by atoms with Crippen LogP contribution in [-0.2, 0) is 4.79 Å². The minimum absolute atomic E-state index is 0.0115. The number of nitrogens with zero attached hydrogens (tertiary/aromatic N) is 2. The molecule has 0 radical (unpaired) electrons. The summed E-state index contributed by atoms with van der Waals surface area (Å²) < 4.78 is 6.02. The minimum atomic E-state index is -0.0365. The van der Waals surface area contributed by atoms with Crippen molar-refractivity contribution < 1.29 is 9.53 Å². The standard InChI is InChI=1S/C19H28ClN3O2/c1-13(2)19(24)23-9-8-16(12-23)25-17-10-15(11-22-18(17)20)7-5-6-14(3)21-4/h5,7,10-11,13-14,16,21H,6,8-9,12H2,1-4H3/t14-,16+/m0/s1. The second-order valence-electron chi connectivity index (χ2n) is 6.85. The Balaban J connectivity index is 1.98. The van der Waals surface area contributed by atoms with E-state index < -0.39 is 0 Å². The molecule has 0 saturated carbocycles. The van der Waals surface area contributed by atoms with Crippen molar-refractivity contribution in [2.45, 2.75) is 45.8 Å². The van der Waals surface area contributed by atoms with E-state index >= 15 is 0 Å². The molecule has 1 N–H and O–H groups in total. The number of nitrogens with one attached hydrogen (secondary N) is 1. The number of carbonyl (C=O) groups is 1. The van der Waals surface area contributed by atoms with Crippen molar-refractivity contribution in [3.8, 4) is 5.75 Å². The first-order chi connectivity index (χ1) is 11.9. The van der Waals surface area contributed by atoms with Crippen molar-refractivity contribution in [3.63, 3.8) is 0 Å². The molecular formula is C19H28ClN3O2. The van der Waals surface area contributed by atoms with Crippen LogP contribution in [0.5, 0.6) is 5.75 Å². The highest BCUT2D eigenvalue weighted by atomic mass is 35.5. The number of pyridine rings is 1. The lowest BCUT2D eigenvalue weighted by Crippen LogP contribution is -2.33. The quantitative estimate of drug-likeness (QED) is 0.752. The molecule has 1 saturated heterocycles. The molecule has 0 bridgehead atoms. The van der Waals surface area contributed by atoms with Gasteiger partial charge in [-0.3, -0.25) is 4.79 Å². The zero-order valence-electron chi connectivity index (χ0n) is 15.5. The van der Waals surface area contributed by atoms with Crippen molar-refractivity contribution in [2.24, 2.45) is 5.92 Å². The van der Waals surface area contributed by atoms with E-state index in [1.165, 1.54) is 0 Å². The van der Waals surface area contributed by atoms with Gasteiger partial charge in [0, 0.05) is 31.1 Å². The van der Waals surface area contributed by atoms with Crippen LogP contribution in [0.25, 0.3) is 6.08 Å². The zero-order chi connectivity index (χ0) is 18.4. The van der Waals surface area contributed by atoms with E-state index in [1.807, 2.05) is 37.9 Å². The fourth-order valence-corrected chi connectivity index (χ4v) is 2.86. The Kier molecular flexibility index (Phi) is 7.26. The molecule has 6 heteroatoms. The van der Waals surface area contributed by atoms with Crippen molar-refractivity contribution in [1.29, 1.82) is 0 Å². The van der Waals surface area contributed by atoms with E-state index in [-0.39, 0.29) is 17.9 Å². The van der Waals surface area contributed by atoms with E-state index in [9.17, 15) is 4.79 Å². The van der Waals surface area contributed by atoms with Crippen LogP contribution in [0.1, 0.15) is 39.2 Å². The maximum Gasteiger partial charge on any atom is 0.225 e. The first-order valence-corrected chi connectivity index (χ1v) is 9.23. The number of ether oxygens (including phenoxy) is 1. The molecule has 2 rings (SSSR count). The summed E-state index contributed by atoms with van der Waals surface area (Å²) in [6.07, 6.45) is 7.57. The number of carbonyl (C=O) groups excluding carboxylic acids is 1. The van der Waals surface area contributed by atoms with Gasteiger partial charge in [0.15, 0.2) is 10.9 Å². The summed E-state index contributed by atoms with van der Waals surface area (Å²) >= 11 is 6.18. The highest BCUT2D eigenvalue weighted by Crippen LogP contribution is 2.27. The van der Waals surface area contributed by atoms with Gasteiger partial charge in [-0.1, -0.05) is 37.6 Å². The molecule has 0 unspecified atom stereocenters. The van der Waals surface area contributed by atoms with Crippen LogP contribution in [0.15, 0.2) is 18.3 Å². The number of halogens is 1. The van der Waals surface area contributed by atoms with Gasteiger partial charge < -0.3 is 15.0 Å². The lowest BCUT2D eigenvalue weighted by atomic mass is 10.2. The van der Waals surface area contributed by atoms with Gasteiger partial charge in [-0.2, -0.15) is 0 Å². The van der Waals surface area contributed by atoms with Gasteiger partial charge in [0.05, 0.1) is 6.54 Å². The van der Waals surface area contributed by atoms with Gasteiger partial charge in [-0.05, 0) is 32.0 Å². The Morgan fingerprint density at radius 2 is 2.28 bits per heavy atom. The van der Waals surface area contributed by atoms with Crippen LogP contribution in [0.4, 0.5) is 0 Å². The van der Waals surface area contributed by atoms with Gasteiger partial charge in [-0.15, -0.1) is 0 Å². The fourth-order valence-electron chi connectivity index (χ4n) is 2.71. The first kappa shape index (κ1) is 19.7. The van der Waals surface area contributed by atoms with Crippen molar-refractivity contribution in [1.82, 2.24) is 15.2 Å². The average Bonchev–Trinajstić information content (AvgIpc) is 3.05. The number of aromatic nitrogens is 1. The first-order valence-electron chi connectivity index (χ1n) is 8.85. The highest BCUT2D eigenvalue weighted by molar-refractivity contribution is 6.30. The SMILES string of the molecule is CN[C@@H](C)CC=Cc1cnc(Cl)c(O[C@@H]2CCN(C(=O)C(C)C)C2)c1. The van der Waals surface area contributed by atoms with Crippen LogP contribution in [0, 0.1) is 5.92 Å². The Labute approximate surface area is 155 Å². The third-order valence-electron chi connectivity index (χ3n) is 4.37. The second kappa shape index (κ2) is 9.20. The van der Waals surface area contributed by atoms with Crippen LogP contribution >= 0.6 is 11.6 Å². The summed E-state index contributed by atoms with van der Waals surface area (Å²) in [7, 11) is 1.95. The molecule has 0 spiro atoms. The Morgan fingerprint density at radius 1 is 1.52 bits per heavy atom. The van der Waals surface area contributed by atoms with E-state index in [2.05, 4.69) is 23.3 Å². The summed E-state index contributed by atoms with van der Waals surface area (Å²) in [6, 6.07) is 2.33. The van der Waals surface area contributed by atoms with Gasteiger partial charge in [-0.25, -0.2) is 4.98 Å². The molecule has 2 atom stereocenters. The second-order valence-corrected chi connectivity index (χ2v) is 7.21. The Morgan fingerprint density at radius 3 is 2.96 bits per heavy atom. The molecule has 0 aliphatic carbocycles. The molecule has 5 nitrogen and oxygen atoms in total. The maximum atomic E-state index is 12.1. The zero-order valence-corrected chi connectivity index (χ0v) is 16.2.